The first-order chi connectivity index (χ1) is 14.2. The van der Waals surface area contributed by atoms with Gasteiger partial charge in [-0.05, 0) is 11.6 Å². The van der Waals surface area contributed by atoms with Crippen molar-refractivity contribution in [3.63, 3.8) is 0 Å². The number of carbonyl (C=O) groups is 1. The van der Waals surface area contributed by atoms with Crippen LogP contribution in [0.25, 0.3) is 0 Å². The first kappa shape index (κ1) is 21.3. The maximum atomic E-state index is 12.9. The van der Waals surface area contributed by atoms with E-state index in [1.165, 1.54) is 0 Å². The second-order valence-corrected chi connectivity index (χ2v) is 8.15. The predicted octanol–water partition coefficient (Wildman–Crippen LogP) is 4.34. The van der Waals surface area contributed by atoms with E-state index in [1.807, 2.05) is 98.7 Å². The van der Waals surface area contributed by atoms with Gasteiger partial charge >= 0.3 is 0 Å². The molecule has 0 radical (unpaired) electrons. The Kier molecular flexibility index (Phi) is 6.06. The van der Waals surface area contributed by atoms with Gasteiger partial charge in [-0.25, -0.2) is 0 Å². The Labute approximate surface area is 177 Å². The van der Waals surface area contributed by atoms with Gasteiger partial charge in [0.2, 0.25) is 5.96 Å². The highest BCUT2D eigenvalue weighted by molar-refractivity contribution is 6.09. The van der Waals surface area contributed by atoms with Crippen molar-refractivity contribution < 1.29 is 9.32 Å². The zero-order valence-electron chi connectivity index (χ0n) is 18.4. The molecule has 2 aromatic carbocycles. The Bertz CT molecular complexity index is 1040. The zero-order valence-corrected chi connectivity index (χ0v) is 18.4. The smallest absolute Gasteiger partial charge is 0.253 e. The van der Waals surface area contributed by atoms with Crippen molar-refractivity contribution in [1.82, 2.24) is 15.0 Å². The highest BCUT2D eigenvalue weighted by Crippen LogP contribution is 2.33. The fourth-order valence-electron chi connectivity index (χ4n) is 3.26. The molecule has 0 bridgehead atoms. The van der Waals surface area contributed by atoms with Gasteiger partial charge in [-0.1, -0.05) is 67.5 Å². The lowest BCUT2D eigenvalue weighted by Crippen LogP contribution is -2.35. The molecule has 3 rings (SSSR count). The lowest BCUT2D eigenvalue weighted by atomic mass is 9.80. The summed E-state index contributed by atoms with van der Waals surface area (Å²) in [4.78, 5) is 21.2. The van der Waals surface area contributed by atoms with Gasteiger partial charge in [-0.3, -0.25) is 4.79 Å². The van der Waals surface area contributed by atoms with Crippen LogP contribution in [-0.4, -0.2) is 54.9 Å². The Morgan fingerprint density at radius 2 is 1.53 bits per heavy atom. The Morgan fingerprint density at radius 3 is 2.17 bits per heavy atom. The van der Waals surface area contributed by atoms with Gasteiger partial charge in [0.15, 0.2) is 5.78 Å². The van der Waals surface area contributed by atoms with Crippen LogP contribution in [0.15, 0.2) is 70.2 Å². The van der Waals surface area contributed by atoms with Gasteiger partial charge in [0.25, 0.3) is 5.88 Å². The first-order valence-corrected chi connectivity index (χ1v) is 9.81. The highest BCUT2D eigenvalue weighted by atomic mass is 16.5. The van der Waals surface area contributed by atoms with Crippen LogP contribution in [0.4, 0.5) is 5.88 Å². The topological polar surface area (TPSA) is 61.9 Å². The van der Waals surface area contributed by atoms with Crippen LogP contribution in [0, 0.1) is 0 Å². The van der Waals surface area contributed by atoms with Crippen LogP contribution in [0.5, 0.6) is 0 Å². The monoisotopic (exact) mass is 404 g/mol. The maximum Gasteiger partial charge on any atom is 0.253 e. The van der Waals surface area contributed by atoms with Gasteiger partial charge in [0.1, 0.15) is 0 Å². The number of rotatable bonds is 5. The molecule has 0 aliphatic rings. The quantitative estimate of drug-likeness (QED) is 0.360. The molecule has 0 N–H and O–H groups in total. The number of nitrogens with zero attached hydrogens (tertiary/aromatic N) is 4. The van der Waals surface area contributed by atoms with Crippen LogP contribution in [0.1, 0.15) is 41.0 Å². The molecule has 1 heterocycles. The largest absolute Gasteiger partial charge is 0.349 e. The molecule has 6 heteroatoms. The van der Waals surface area contributed by atoms with Crippen LogP contribution in [0.2, 0.25) is 0 Å². The number of ketones is 1. The van der Waals surface area contributed by atoms with E-state index in [9.17, 15) is 4.79 Å². The molecule has 0 saturated heterocycles. The SMILES string of the molecule is CN(C)C(=Nc1cc(C(C)(C)c2cccc(C(=O)c3ccccc3)c2)no1)N(C)C. The van der Waals surface area contributed by atoms with E-state index < -0.39 is 5.41 Å². The number of carbonyl (C=O) groups excluding carboxylic acids is 1. The van der Waals surface area contributed by atoms with Crippen molar-refractivity contribution in [2.24, 2.45) is 4.99 Å². The average Bonchev–Trinajstić information content (AvgIpc) is 3.21. The fourth-order valence-corrected chi connectivity index (χ4v) is 3.26. The van der Waals surface area contributed by atoms with Crippen LogP contribution >= 0.6 is 0 Å². The van der Waals surface area contributed by atoms with Crippen LogP contribution in [-0.2, 0) is 5.41 Å². The van der Waals surface area contributed by atoms with E-state index in [4.69, 9.17) is 4.52 Å². The highest BCUT2D eigenvalue weighted by Gasteiger charge is 2.28. The lowest BCUT2D eigenvalue weighted by molar-refractivity contribution is 0.103. The molecule has 0 unspecified atom stereocenters. The van der Waals surface area contributed by atoms with E-state index in [0.717, 1.165) is 17.2 Å². The molecule has 3 aromatic rings. The summed E-state index contributed by atoms with van der Waals surface area (Å²) >= 11 is 0. The molecule has 0 spiro atoms. The van der Waals surface area contributed by atoms with E-state index in [0.29, 0.717) is 17.0 Å². The number of benzene rings is 2. The van der Waals surface area contributed by atoms with Crippen molar-refractivity contribution in [2.45, 2.75) is 19.3 Å². The molecular weight excluding hydrogens is 376 g/mol. The van der Waals surface area contributed by atoms with E-state index in [-0.39, 0.29) is 5.78 Å². The van der Waals surface area contributed by atoms with Crippen molar-refractivity contribution in [1.29, 1.82) is 0 Å². The van der Waals surface area contributed by atoms with Crippen LogP contribution < -0.4 is 0 Å². The summed E-state index contributed by atoms with van der Waals surface area (Å²) in [7, 11) is 7.70. The zero-order chi connectivity index (χ0) is 21.9. The minimum Gasteiger partial charge on any atom is -0.349 e. The average molecular weight is 405 g/mol. The van der Waals surface area contributed by atoms with Gasteiger partial charge in [0.05, 0.1) is 5.69 Å². The number of hydrogen-bond acceptors (Lipinski definition) is 4. The maximum absolute atomic E-state index is 12.9. The predicted molar refractivity (Wildman–Crippen MR) is 119 cm³/mol. The summed E-state index contributed by atoms with van der Waals surface area (Å²) in [6.07, 6.45) is 0. The fraction of sp³-hybridized carbons (Fsp3) is 0.292. The Balaban J connectivity index is 1.92. The molecule has 0 amide bonds. The molecule has 0 saturated carbocycles. The second kappa shape index (κ2) is 8.53. The normalized spacial score (nSPS) is 11.1. The summed E-state index contributed by atoms with van der Waals surface area (Å²) in [5.74, 6) is 1.19. The molecular formula is C24H28N4O2. The lowest BCUT2D eigenvalue weighted by Gasteiger charge is -2.23. The standard InChI is InChI=1S/C24H28N4O2/c1-24(2,20-16-21(30-26-20)25-23(27(3)4)28(5)6)19-14-10-13-18(15-19)22(29)17-11-8-7-9-12-17/h7-16H,1-6H3. The van der Waals surface area contributed by atoms with Gasteiger partial charge in [0, 0.05) is 50.8 Å². The summed E-state index contributed by atoms with van der Waals surface area (Å²) in [5.41, 5.74) is 2.60. The van der Waals surface area contributed by atoms with Crippen molar-refractivity contribution >= 4 is 17.6 Å². The minimum atomic E-state index is -0.458. The molecule has 0 atom stereocenters. The third-order valence-corrected chi connectivity index (χ3v) is 5.03. The van der Waals surface area contributed by atoms with Gasteiger partial charge in [-0.15, -0.1) is 0 Å². The van der Waals surface area contributed by atoms with E-state index in [2.05, 4.69) is 24.0 Å². The molecule has 0 fully saturated rings. The summed E-state index contributed by atoms with van der Waals surface area (Å²) in [6, 6.07) is 18.8. The van der Waals surface area contributed by atoms with E-state index in [1.54, 1.807) is 0 Å². The Hall–Kier alpha value is -3.41. The van der Waals surface area contributed by atoms with Gasteiger partial charge < -0.3 is 14.3 Å². The Morgan fingerprint density at radius 1 is 0.900 bits per heavy atom. The summed E-state index contributed by atoms with van der Waals surface area (Å²) in [6.45, 7) is 4.12. The number of hydrogen-bond donors (Lipinski definition) is 0. The van der Waals surface area contributed by atoms with Crippen molar-refractivity contribution in [2.75, 3.05) is 28.2 Å². The summed E-state index contributed by atoms with van der Waals surface area (Å²) in [5, 5.41) is 4.26. The van der Waals surface area contributed by atoms with Crippen molar-refractivity contribution in [3.8, 4) is 0 Å². The third kappa shape index (κ3) is 4.43. The molecule has 0 aliphatic carbocycles. The minimum absolute atomic E-state index is 0.000277. The molecule has 0 aliphatic heterocycles. The second-order valence-electron chi connectivity index (χ2n) is 8.15. The number of guanidine groups is 1. The molecule has 156 valence electrons. The van der Waals surface area contributed by atoms with Gasteiger partial charge in [-0.2, -0.15) is 4.99 Å². The van der Waals surface area contributed by atoms with Crippen LogP contribution in [0.3, 0.4) is 0 Å². The molecule has 1 aromatic heterocycles. The first-order valence-electron chi connectivity index (χ1n) is 9.81. The number of aromatic nitrogens is 1. The molecule has 6 nitrogen and oxygen atoms in total. The van der Waals surface area contributed by atoms with Crippen molar-refractivity contribution in [3.05, 3.63) is 83.0 Å². The number of aliphatic imine (C=N–C) groups is 1. The van der Waals surface area contributed by atoms with E-state index >= 15 is 0 Å². The summed E-state index contributed by atoms with van der Waals surface area (Å²) < 4.78 is 5.49. The third-order valence-electron chi connectivity index (χ3n) is 5.03. The molecule has 30 heavy (non-hydrogen) atoms.